The second-order valence-corrected chi connectivity index (χ2v) is 4.54. The van der Waals surface area contributed by atoms with Crippen LogP contribution in [-0.4, -0.2) is 0 Å². The van der Waals surface area contributed by atoms with Crippen LogP contribution in [0.1, 0.15) is 51.9 Å². The van der Waals surface area contributed by atoms with Crippen molar-refractivity contribution >= 4 is 0 Å². The standard InChI is InChI=1S/C11H20/c1-2-10-4-3-5-11(10)8-9-6-7-9/h9-11H,2-8H2,1H3. The van der Waals surface area contributed by atoms with Crippen molar-refractivity contribution in [3.05, 3.63) is 0 Å². The molecular formula is C11H20. The Morgan fingerprint density at radius 1 is 1.00 bits per heavy atom. The molecule has 64 valence electrons. The summed E-state index contributed by atoms with van der Waals surface area (Å²) in [5.74, 6) is 3.40. The molecule has 2 rings (SSSR count). The summed E-state index contributed by atoms with van der Waals surface area (Å²) in [7, 11) is 0. The van der Waals surface area contributed by atoms with Gasteiger partial charge in [0.2, 0.25) is 0 Å². The summed E-state index contributed by atoms with van der Waals surface area (Å²) in [6, 6.07) is 0. The molecule has 0 amide bonds. The van der Waals surface area contributed by atoms with E-state index in [2.05, 4.69) is 6.92 Å². The Morgan fingerprint density at radius 3 is 2.36 bits per heavy atom. The summed E-state index contributed by atoms with van der Waals surface area (Å²) in [6.45, 7) is 2.37. The van der Waals surface area contributed by atoms with Gasteiger partial charge in [-0.2, -0.15) is 0 Å². The highest BCUT2D eigenvalue weighted by atomic mass is 14.4. The maximum Gasteiger partial charge on any atom is -0.0383 e. The lowest BCUT2D eigenvalue weighted by atomic mass is 9.89. The van der Waals surface area contributed by atoms with Gasteiger partial charge >= 0.3 is 0 Å². The van der Waals surface area contributed by atoms with Gasteiger partial charge in [0.25, 0.3) is 0 Å². The molecular weight excluding hydrogens is 132 g/mol. The Kier molecular flexibility index (Phi) is 2.20. The number of hydrogen-bond donors (Lipinski definition) is 0. The number of rotatable bonds is 3. The molecule has 2 unspecified atom stereocenters. The smallest absolute Gasteiger partial charge is 0.0383 e. The van der Waals surface area contributed by atoms with Crippen LogP contribution >= 0.6 is 0 Å². The summed E-state index contributed by atoms with van der Waals surface area (Å²) in [4.78, 5) is 0. The Balaban J connectivity index is 1.79. The molecule has 0 spiro atoms. The lowest BCUT2D eigenvalue weighted by molar-refractivity contribution is 0.340. The molecule has 0 aromatic carbocycles. The zero-order valence-corrected chi connectivity index (χ0v) is 7.68. The second kappa shape index (κ2) is 3.16. The average molecular weight is 152 g/mol. The molecule has 0 saturated heterocycles. The van der Waals surface area contributed by atoms with E-state index in [4.69, 9.17) is 0 Å². The molecule has 0 aromatic heterocycles. The van der Waals surface area contributed by atoms with Crippen molar-refractivity contribution in [2.45, 2.75) is 51.9 Å². The molecule has 0 bridgehead atoms. The Hall–Kier alpha value is 0. The third kappa shape index (κ3) is 1.77. The van der Waals surface area contributed by atoms with Gasteiger partial charge in [0.1, 0.15) is 0 Å². The van der Waals surface area contributed by atoms with E-state index in [1.165, 1.54) is 19.3 Å². The first-order valence-corrected chi connectivity index (χ1v) is 5.40. The first-order chi connectivity index (χ1) is 5.40. The first-order valence-electron chi connectivity index (χ1n) is 5.40. The lowest BCUT2D eigenvalue weighted by Crippen LogP contribution is -2.07. The maximum absolute atomic E-state index is 2.37. The average Bonchev–Trinajstić information content (AvgIpc) is 2.68. The second-order valence-electron chi connectivity index (χ2n) is 4.54. The lowest BCUT2D eigenvalue weighted by Gasteiger charge is -2.16. The molecule has 0 radical (unpaired) electrons. The van der Waals surface area contributed by atoms with Gasteiger partial charge in [0, 0.05) is 0 Å². The van der Waals surface area contributed by atoms with Gasteiger partial charge in [-0.05, 0) is 24.2 Å². The highest BCUT2D eigenvalue weighted by Crippen LogP contribution is 2.44. The molecule has 0 heterocycles. The summed E-state index contributed by atoms with van der Waals surface area (Å²) in [6.07, 6.45) is 10.7. The molecule has 2 aliphatic rings. The van der Waals surface area contributed by atoms with Gasteiger partial charge in [0.05, 0.1) is 0 Å². The fraction of sp³-hybridized carbons (Fsp3) is 1.00. The third-order valence-electron chi connectivity index (χ3n) is 3.67. The van der Waals surface area contributed by atoms with Crippen LogP contribution in [0.15, 0.2) is 0 Å². The minimum Gasteiger partial charge on any atom is -0.0651 e. The molecule has 0 N–H and O–H groups in total. The monoisotopic (exact) mass is 152 g/mol. The molecule has 2 fully saturated rings. The zero-order valence-electron chi connectivity index (χ0n) is 7.68. The van der Waals surface area contributed by atoms with Gasteiger partial charge in [0.15, 0.2) is 0 Å². The summed E-state index contributed by atoms with van der Waals surface area (Å²) in [5, 5.41) is 0. The van der Waals surface area contributed by atoms with Crippen molar-refractivity contribution in [1.29, 1.82) is 0 Å². The molecule has 0 nitrogen and oxygen atoms in total. The number of hydrogen-bond acceptors (Lipinski definition) is 0. The zero-order chi connectivity index (χ0) is 7.68. The Labute approximate surface area is 70.4 Å². The fourth-order valence-corrected chi connectivity index (χ4v) is 2.74. The van der Waals surface area contributed by atoms with Crippen LogP contribution in [-0.2, 0) is 0 Å². The van der Waals surface area contributed by atoms with E-state index in [0.29, 0.717) is 0 Å². The van der Waals surface area contributed by atoms with Crippen LogP contribution in [0.4, 0.5) is 0 Å². The fourth-order valence-electron chi connectivity index (χ4n) is 2.74. The van der Waals surface area contributed by atoms with Crippen molar-refractivity contribution in [3.8, 4) is 0 Å². The topological polar surface area (TPSA) is 0 Å². The summed E-state index contributed by atoms with van der Waals surface area (Å²) in [5.41, 5.74) is 0. The van der Waals surface area contributed by atoms with Crippen LogP contribution in [0.3, 0.4) is 0 Å². The van der Waals surface area contributed by atoms with E-state index >= 15 is 0 Å². The molecule has 0 aromatic rings. The van der Waals surface area contributed by atoms with Crippen LogP contribution in [0.2, 0.25) is 0 Å². The van der Waals surface area contributed by atoms with Gasteiger partial charge in [-0.3, -0.25) is 0 Å². The van der Waals surface area contributed by atoms with E-state index in [1.807, 2.05) is 0 Å². The van der Waals surface area contributed by atoms with Gasteiger partial charge in [-0.1, -0.05) is 45.4 Å². The largest absolute Gasteiger partial charge is 0.0651 e. The van der Waals surface area contributed by atoms with Crippen molar-refractivity contribution in [3.63, 3.8) is 0 Å². The molecule has 11 heavy (non-hydrogen) atoms. The van der Waals surface area contributed by atoms with Crippen LogP contribution in [0.5, 0.6) is 0 Å². The Morgan fingerprint density at radius 2 is 1.73 bits per heavy atom. The minimum absolute atomic E-state index is 1.11. The highest BCUT2D eigenvalue weighted by Gasteiger charge is 2.31. The van der Waals surface area contributed by atoms with Crippen molar-refractivity contribution in [2.24, 2.45) is 17.8 Å². The van der Waals surface area contributed by atoms with E-state index in [1.54, 1.807) is 25.7 Å². The first kappa shape index (κ1) is 7.64. The normalized spacial score (nSPS) is 37.9. The summed E-state index contributed by atoms with van der Waals surface area (Å²) < 4.78 is 0. The molecule has 2 aliphatic carbocycles. The van der Waals surface area contributed by atoms with Crippen LogP contribution < -0.4 is 0 Å². The van der Waals surface area contributed by atoms with Gasteiger partial charge in [-0.15, -0.1) is 0 Å². The third-order valence-corrected chi connectivity index (χ3v) is 3.67. The van der Waals surface area contributed by atoms with E-state index < -0.39 is 0 Å². The molecule has 2 atom stereocenters. The van der Waals surface area contributed by atoms with Crippen molar-refractivity contribution < 1.29 is 0 Å². The van der Waals surface area contributed by atoms with Gasteiger partial charge < -0.3 is 0 Å². The highest BCUT2D eigenvalue weighted by molar-refractivity contribution is 4.83. The van der Waals surface area contributed by atoms with E-state index in [9.17, 15) is 0 Å². The Bertz CT molecular complexity index is 124. The van der Waals surface area contributed by atoms with Gasteiger partial charge in [-0.25, -0.2) is 0 Å². The van der Waals surface area contributed by atoms with E-state index in [-0.39, 0.29) is 0 Å². The van der Waals surface area contributed by atoms with Crippen molar-refractivity contribution in [1.82, 2.24) is 0 Å². The minimum atomic E-state index is 1.11. The van der Waals surface area contributed by atoms with E-state index in [0.717, 1.165) is 17.8 Å². The molecule has 2 saturated carbocycles. The molecule has 0 heteroatoms. The predicted molar refractivity (Wildman–Crippen MR) is 48.5 cm³/mol. The van der Waals surface area contributed by atoms with Crippen LogP contribution in [0.25, 0.3) is 0 Å². The SMILES string of the molecule is CCC1CCCC1CC1CC1. The maximum atomic E-state index is 2.37. The molecule has 0 aliphatic heterocycles. The predicted octanol–water partition coefficient (Wildman–Crippen LogP) is 3.61. The summed E-state index contributed by atoms with van der Waals surface area (Å²) >= 11 is 0. The van der Waals surface area contributed by atoms with Crippen molar-refractivity contribution in [2.75, 3.05) is 0 Å². The van der Waals surface area contributed by atoms with Crippen LogP contribution in [0, 0.1) is 17.8 Å². The quantitative estimate of drug-likeness (QED) is 0.579.